The number of hydrogen-bond acceptors (Lipinski definition) is 6. The van der Waals surface area contributed by atoms with Crippen LogP contribution in [0.2, 0.25) is 0 Å². The highest BCUT2D eigenvalue weighted by atomic mass is 16.3. The van der Waals surface area contributed by atoms with Gasteiger partial charge in [-0.1, -0.05) is 279 Å². The molecule has 2 aromatic heterocycles. The number of furan rings is 2. The summed E-state index contributed by atoms with van der Waals surface area (Å²) in [5.74, 6) is 0. The Morgan fingerprint density at radius 1 is 0.173 bits per heavy atom. The highest BCUT2D eigenvalue weighted by Gasteiger charge is 2.25. The molecule has 0 amide bonds. The Morgan fingerprint density at radius 2 is 0.464 bits per heavy atom. The van der Waals surface area contributed by atoms with Gasteiger partial charge in [-0.05, 0) is 224 Å². The summed E-state index contributed by atoms with van der Waals surface area (Å²) in [5.41, 5.74) is 22.2. The fraction of sp³-hybridized carbons (Fsp3) is 0. The molecule has 0 atom stereocenters. The van der Waals surface area contributed by atoms with Gasteiger partial charge >= 0.3 is 0 Å². The van der Waals surface area contributed by atoms with Crippen molar-refractivity contribution in [1.82, 2.24) is 0 Å². The van der Waals surface area contributed by atoms with Crippen molar-refractivity contribution in [2.75, 3.05) is 19.6 Å². The number of fused-ring (bicyclic) bond motifs is 8. The molecule has 0 N–H and O–H groups in total. The lowest BCUT2D eigenvalue weighted by Crippen LogP contribution is -2.13. The summed E-state index contributed by atoms with van der Waals surface area (Å²) in [7, 11) is 0. The van der Waals surface area contributed by atoms with Crippen LogP contribution in [-0.2, 0) is 0 Å². The molecule has 520 valence electrons. The molecule has 0 radical (unpaired) electrons. The summed E-state index contributed by atoms with van der Waals surface area (Å²) in [6.07, 6.45) is 0. The molecule has 0 fully saturated rings. The van der Waals surface area contributed by atoms with Gasteiger partial charge in [0.25, 0.3) is 0 Å². The molecule has 2 heterocycles. The van der Waals surface area contributed by atoms with Crippen LogP contribution in [0.3, 0.4) is 0 Å². The van der Waals surface area contributed by atoms with Crippen LogP contribution in [-0.4, -0.2) is 0 Å². The van der Waals surface area contributed by atoms with E-state index in [-0.39, 0.29) is 17.8 Å². The van der Waals surface area contributed by atoms with Crippen molar-refractivity contribution in [2.24, 2.45) is 0 Å². The minimum atomic E-state index is -0.448. The van der Waals surface area contributed by atoms with Crippen molar-refractivity contribution >= 4 is 134 Å². The first-order valence-electron chi connectivity index (χ1n) is 39.4. The predicted molar refractivity (Wildman–Crippen MR) is 463 cm³/mol. The van der Waals surface area contributed by atoms with Gasteiger partial charge in [-0.15, -0.1) is 0 Å². The second-order valence-corrected chi connectivity index (χ2v) is 27.2. The summed E-state index contributed by atoms with van der Waals surface area (Å²) < 4.78 is 57.1. The van der Waals surface area contributed by atoms with E-state index in [2.05, 4.69) is 282 Å². The standard InChI is InChI=1S/2C52H36N2O/c2*1-4-15-37(16-5-1)38-27-29-43(30-28-38)53(41-19-6-2-7-20-41)45-33-40(48-25-14-18-39-17-10-11-23-47(39)48)34-46(35-45)54(42-21-8-3-9-22-42)44-31-32-52-50(36-44)49-24-12-13-26-51(49)55-52/h2*1-36H/i2D,6D,7D,19D,20D;. The van der Waals surface area contributed by atoms with E-state index in [9.17, 15) is 2.74 Å². The molecular weight excluding hydrogens is 1340 g/mol. The van der Waals surface area contributed by atoms with Crippen LogP contribution < -0.4 is 19.6 Å². The van der Waals surface area contributed by atoms with Crippen molar-refractivity contribution in [2.45, 2.75) is 0 Å². The van der Waals surface area contributed by atoms with Crippen molar-refractivity contribution in [1.29, 1.82) is 0 Å². The number of benzene rings is 18. The molecule has 0 aliphatic rings. The highest BCUT2D eigenvalue weighted by molar-refractivity contribution is 6.09. The maximum Gasteiger partial charge on any atom is 0.135 e. The van der Waals surface area contributed by atoms with Crippen molar-refractivity contribution < 1.29 is 15.7 Å². The molecule has 6 nitrogen and oxygen atoms in total. The van der Waals surface area contributed by atoms with Crippen LogP contribution in [0.5, 0.6) is 0 Å². The number of anilines is 12. The SMILES string of the molecule is [2H]c1c([2H])c([2H])c(N(c2ccc(-c3ccccc3)cc2)c2cc(-c3cccc4ccccc34)cc(N(c3ccccc3)c3ccc4oc5ccccc5c4c3)c2)c([2H])c1[2H].c1ccc(-c2ccc(N(c3ccccc3)c3cc(-c4cccc5ccccc45)cc(N(c4ccccc4)c4ccc5oc6ccccc6c5c4)c3)cc2)cc1. The van der Waals surface area contributed by atoms with E-state index < -0.39 is 18.1 Å². The second-order valence-electron chi connectivity index (χ2n) is 27.2. The van der Waals surface area contributed by atoms with Crippen molar-refractivity contribution in [3.63, 3.8) is 0 Å². The van der Waals surface area contributed by atoms with E-state index >= 15 is 0 Å². The first kappa shape index (κ1) is 60.5. The lowest BCUT2D eigenvalue weighted by Gasteiger charge is -2.30. The molecule has 0 spiro atoms. The number of para-hydroxylation sites is 6. The third-order valence-electron chi connectivity index (χ3n) is 20.5. The third-order valence-corrected chi connectivity index (χ3v) is 20.5. The first-order valence-corrected chi connectivity index (χ1v) is 36.9. The lowest BCUT2D eigenvalue weighted by atomic mass is 9.96. The Balaban J connectivity index is 0.000000154. The fourth-order valence-corrected chi connectivity index (χ4v) is 15.4. The first-order chi connectivity index (χ1) is 56.6. The largest absolute Gasteiger partial charge is 0.456 e. The van der Waals surface area contributed by atoms with Gasteiger partial charge in [-0.2, -0.15) is 0 Å². The predicted octanol–water partition coefficient (Wildman–Crippen LogP) is 30.0. The van der Waals surface area contributed by atoms with Crippen LogP contribution in [0.1, 0.15) is 6.85 Å². The topological polar surface area (TPSA) is 39.2 Å². The maximum atomic E-state index is 9.27. The summed E-state index contributed by atoms with van der Waals surface area (Å²) in [5, 5.41) is 8.74. The summed E-state index contributed by atoms with van der Waals surface area (Å²) in [6, 6.07) is 139. The maximum absolute atomic E-state index is 9.27. The molecule has 0 saturated heterocycles. The van der Waals surface area contributed by atoms with Gasteiger partial charge in [-0.3, -0.25) is 0 Å². The summed E-state index contributed by atoms with van der Waals surface area (Å²) in [4.78, 5) is 8.71. The van der Waals surface area contributed by atoms with Gasteiger partial charge in [-0.25, -0.2) is 0 Å². The van der Waals surface area contributed by atoms with Crippen LogP contribution >= 0.6 is 0 Å². The smallest absolute Gasteiger partial charge is 0.135 e. The van der Waals surface area contributed by atoms with Crippen LogP contribution in [0, 0.1) is 0 Å². The molecule has 0 aliphatic heterocycles. The Labute approximate surface area is 646 Å². The molecule has 0 bridgehead atoms. The molecule has 0 unspecified atom stereocenters. The minimum absolute atomic E-state index is 0.0482. The zero-order valence-electron chi connectivity index (χ0n) is 64.8. The van der Waals surface area contributed by atoms with Gasteiger partial charge in [0.05, 0.1) is 6.85 Å². The van der Waals surface area contributed by atoms with Gasteiger partial charge in [0.1, 0.15) is 22.3 Å². The molecule has 20 rings (SSSR count). The molecule has 110 heavy (non-hydrogen) atoms. The number of hydrogen-bond donors (Lipinski definition) is 0. The normalized spacial score (nSPS) is 11.9. The number of nitrogens with zero attached hydrogens (tertiary/aromatic N) is 4. The molecule has 0 saturated carbocycles. The highest BCUT2D eigenvalue weighted by Crippen LogP contribution is 2.49. The van der Waals surface area contributed by atoms with Gasteiger partial charge in [0, 0.05) is 89.8 Å². The summed E-state index contributed by atoms with van der Waals surface area (Å²) >= 11 is 0. The van der Waals surface area contributed by atoms with E-state index in [1.807, 2.05) is 140 Å². The monoisotopic (exact) mass is 1410 g/mol. The average Bonchev–Trinajstić information content (AvgIpc) is 1.74. The Bertz CT molecular complexity index is 6950. The molecule has 20 aromatic rings. The molecule has 18 aromatic carbocycles. The zero-order valence-corrected chi connectivity index (χ0v) is 59.8. The zero-order chi connectivity index (χ0) is 77.5. The Kier molecular flexibility index (Phi) is 16.1. The van der Waals surface area contributed by atoms with E-state index in [0.29, 0.717) is 11.4 Å². The van der Waals surface area contributed by atoms with Gasteiger partial charge < -0.3 is 28.4 Å². The number of rotatable bonds is 16. The Hall–Kier alpha value is -14.7. The van der Waals surface area contributed by atoms with Crippen molar-refractivity contribution in [3.8, 4) is 44.5 Å². The minimum Gasteiger partial charge on any atom is -0.456 e. The summed E-state index contributed by atoms with van der Waals surface area (Å²) in [6.45, 7) is 0. The van der Waals surface area contributed by atoms with E-state index in [1.54, 1.807) is 4.90 Å². The average molecular weight is 1410 g/mol. The van der Waals surface area contributed by atoms with Crippen molar-refractivity contribution in [3.05, 3.63) is 437 Å². The Morgan fingerprint density at radius 3 is 0.864 bits per heavy atom. The third kappa shape index (κ3) is 13.0. The van der Waals surface area contributed by atoms with E-state index in [0.717, 1.165) is 134 Å². The van der Waals surface area contributed by atoms with E-state index in [4.69, 9.17) is 12.9 Å². The van der Waals surface area contributed by atoms with Crippen LogP contribution in [0.15, 0.2) is 445 Å². The van der Waals surface area contributed by atoms with E-state index in [1.165, 1.54) is 27.5 Å². The van der Waals surface area contributed by atoms with Crippen LogP contribution in [0.4, 0.5) is 68.2 Å². The van der Waals surface area contributed by atoms with Gasteiger partial charge in [0.2, 0.25) is 0 Å². The van der Waals surface area contributed by atoms with Crippen LogP contribution in [0.25, 0.3) is 110 Å². The second kappa shape index (κ2) is 29.3. The lowest BCUT2D eigenvalue weighted by molar-refractivity contribution is 0.668. The molecule has 0 aliphatic carbocycles. The molecule has 6 heteroatoms. The van der Waals surface area contributed by atoms with Gasteiger partial charge in [0.15, 0.2) is 0 Å². The fourth-order valence-electron chi connectivity index (χ4n) is 15.4. The quantitative estimate of drug-likeness (QED) is 0.0960. The molecular formula is C104H72N4O2.